The minimum Gasteiger partial charge on any atom is -0.479 e. The molecule has 10 heteroatoms. The van der Waals surface area contributed by atoms with Gasteiger partial charge in [-0.25, -0.2) is 4.79 Å². The van der Waals surface area contributed by atoms with E-state index in [4.69, 9.17) is 9.47 Å². The van der Waals surface area contributed by atoms with Crippen molar-refractivity contribution in [1.82, 2.24) is 9.88 Å². The zero-order valence-electron chi connectivity index (χ0n) is 19.1. The molecule has 0 amide bonds. The molecule has 3 aliphatic heterocycles. The topological polar surface area (TPSA) is 156 Å². The number of hydrogen-bond acceptors (Lipinski definition) is 8. The third-order valence-corrected chi connectivity index (χ3v) is 7.98. The summed E-state index contributed by atoms with van der Waals surface area (Å²) in [4.78, 5) is 17.4. The standard InChI is InChI=1S/C24H32N2O8/c1-2-24(11-27)7-3-8-26-9-6-13-14-10-12(4-5-15(14)25-16(13)21(24)26)33-23-19(30)17(28)18(29)20(34-23)22(31)32/h4-5,10,17-21,23,25,27-30H,2-3,6-9,11H2,1H3,(H,31,32)/t17-,18+,19+,20-,21+,23?,24+/m0/s1. The second-order valence-corrected chi connectivity index (χ2v) is 9.74. The molecule has 2 fully saturated rings. The lowest BCUT2D eigenvalue weighted by Gasteiger charge is -2.51. The molecular formula is C24H32N2O8. The number of aromatic amines is 1. The van der Waals surface area contributed by atoms with Crippen molar-refractivity contribution in [3.63, 3.8) is 0 Å². The maximum absolute atomic E-state index is 11.4. The molecule has 0 spiro atoms. The zero-order valence-corrected chi connectivity index (χ0v) is 19.1. The Morgan fingerprint density at radius 3 is 2.74 bits per heavy atom. The third-order valence-electron chi connectivity index (χ3n) is 7.98. The Kier molecular flexibility index (Phi) is 6.07. The van der Waals surface area contributed by atoms with Crippen LogP contribution in [0.15, 0.2) is 18.2 Å². The van der Waals surface area contributed by atoms with Gasteiger partial charge in [0.25, 0.3) is 0 Å². The number of aliphatic hydroxyl groups is 4. The number of carboxylic acid groups (broad SMARTS) is 1. The Bertz CT molecular complexity index is 1070. The summed E-state index contributed by atoms with van der Waals surface area (Å²) in [7, 11) is 0. The molecule has 3 aliphatic rings. The van der Waals surface area contributed by atoms with Crippen molar-refractivity contribution in [2.45, 2.75) is 69.4 Å². The number of benzene rings is 1. The molecule has 10 nitrogen and oxygen atoms in total. The number of hydrogen-bond donors (Lipinski definition) is 6. The van der Waals surface area contributed by atoms with E-state index in [1.807, 2.05) is 12.1 Å². The minimum absolute atomic E-state index is 0.105. The highest BCUT2D eigenvalue weighted by Gasteiger charge is 2.49. The number of ether oxygens (including phenoxy) is 2. The van der Waals surface area contributed by atoms with Gasteiger partial charge in [-0.1, -0.05) is 6.92 Å². The van der Waals surface area contributed by atoms with Crippen LogP contribution in [-0.4, -0.2) is 91.8 Å². The van der Waals surface area contributed by atoms with Crippen LogP contribution < -0.4 is 4.74 Å². The SMILES string of the molecule is CC[C@]1(CO)CCCN2CCc3c([nH]c4ccc(OC5O[C@H](C(=O)O)[C@H](O)[C@H](O)[C@H]5O)cc34)[C@@H]21. The van der Waals surface area contributed by atoms with Crippen molar-refractivity contribution in [3.8, 4) is 5.75 Å². The molecule has 0 aliphatic carbocycles. The second-order valence-electron chi connectivity index (χ2n) is 9.74. The van der Waals surface area contributed by atoms with Crippen LogP contribution in [0.5, 0.6) is 5.75 Å². The average molecular weight is 477 g/mol. The first kappa shape index (κ1) is 23.5. The van der Waals surface area contributed by atoms with Gasteiger partial charge in [-0.2, -0.15) is 0 Å². The largest absolute Gasteiger partial charge is 0.479 e. The van der Waals surface area contributed by atoms with E-state index in [2.05, 4.69) is 16.8 Å². The Morgan fingerprint density at radius 2 is 2.03 bits per heavy atom. The van der Waals surface area contributed by atoms with Gasteiger partial charge in [0, 0.05) is 28.6 Å². The van der Waals surface area contributed by atoms with E-state index in [1.54, 1.807) is 6.07 Å². The highest BCUT2D eigenvalue weighted by Crippen LogP contribution is 2.51. The number of aliphatic hydroxyl groups excluding tert-OH is 4. The quantitative estimate of drug-likeness (QED) is 0.362. The number of piperidine rings is 1. The third kappa shape index (κ3) is 3.60. The lowest BCUT2D eigenvalue weighted by molar-refractivity contribution is -0.271. The van der Waals surface area contributed by atoms with Crippen LogP contribution in [-0.2, 0) is 16.0 Å². The van der Waals surface area contributed by atoms with Gasteiger partial charge in [-0.15, -0.1) is 0 Å². The Balaban J connectivity index is 1.47. The molecule has 0 saturated carbocycles. The Morgan fingerprint density at radius 1 is 1.24 bits per heavy atom. The first-order valence-electron chi connectivity index (χ1n) is 11.9. The van der Waals surface area contributed by atoms with Crippen molar-refractivity contribution in [3.05, 3.63) is 29.5 Å². The number of nitrogens with one attached hydrogen (secondary N) is 1. The highest BCUT2D eigenvalue weighted by atomic mass is 16.7. The predicted molar refractivity (Wildman–Crippen MR) is 120 cm³/mol. The number of aliphatic carboxylic acids is 1. The van der Waals surface area contributed by atoms with Gasteiger partial charge in [0.15, 0.2) is 6.10 Å². The summed E-state index contributed by atoms with van der Waals surface area (Å²) in [5, 5.41) is 50.8. The molecule has 2 saturated heterocycles. The van der Waals surface area contributed by atoms with Crippen LogP contribution in [0.4, 0.5) is 0 Å². The summed E-state index contributed by atoms with van der Waals surface area (Å²) in [5.41, 5.74) is 3.01. The van der Waals surface area contributed by atoms with Crippen molar-refractivity contribution in [2.24, 2.45) is 5.41 Å². The van der Waals surface area contributed by atoms with E-state index in [1.165, 1.54) is 5.56 Å². The first-order valence-corrected chi connectivity index (χ1v) is 11.9. The van der Waals surface area contributed by atoms with Gasteiger partial charge in [0.1, 0.15) is 24.1 Å². The van der Waals surface area contributed by atoms with Crippen LogP contribution in [0.2, 0.25) is 0 Å². The summed E-state index contributed by atoms with van der Waals surface area (Å²) in [6.07, 6.45) is -4.52. The van der Waals surface area contributed by atoms with E-state index in [0.29, 0.717) is 5.75 Å². The zero-order chi connectivity index (χ0) is 24.2. The predicted octanol–water partition coefficient (Wildman–Crippen LogP) is 0.521. The number of carboxylic acids is 1. The van der Waals surface area contributed by atoms with Crippen LogP contribution in [0.25, 0.3) is 10.9 Å². The summed E-state index contributed by atoms with van der Waals surface area (Å²) >= 11 is 0. The number of fused-ring (bicyclic) bond motifs is 5. The van der Waals surface area contributed by atoms with E-state index in [9.17, 15) is 30.3 Å². The maximum Gasteiger partial charge on any atom is 0.335 e. The van der Waals surface area contributed by atoms with Crippen LogP contribution in [0.1, 0.15) is 43.5 Å². The van der Waals surface area contributed by atoms with Crippen LogP contribution in [0, 0.1) is 5.41 Å². The minimum atomic E-state index is -1.77. The molecule has 34 heavy (non-hydrogen) atoms. The van der Waals surface area contributed by atoms with E-state index in [-0.39, 0.29) is 18.1 Å². The molecule has 0 radical (unpaired) electrons. The van der Waals surface area contributed by atoms with Crippen molar-refractivity contribution in [2.75, 3.05) is 19.7 Å². The smallest absolute Gasteiger partial charge is 0.335 e. The number of carbonyl (C=O) groups is 1. The molecule has 7 atom stereocenters. The fourth-order valence-electron chi connectivity index (χ4n) is 6.03. The number of aromatic nitrogens is 1. The molecule has 2 aromatic rings. The molecule has 6 N–H and O–H groups in total. The Hall–Kier alpha value is -2.21. The van der Waals surface area contributed by atoms with Crippen molar-refractivity contribution >= 4 is 16.9 Å². The van der Waals surface area contributed by atoms with Crippen molar-refractivity contribution < 1.29 is 39.8 Å². The molecular weight excluding hydrogens is 444 g/mol. The Labute approximate surface area is 196 Å². The van der Waals surface area contributed by atoms with Crippen LogP contribution >= 0.6 is 0 Å². The fourth-order valence-corrected chi connectivity index (χ4v) is 6.03. The summed E-state index contributed by atoms with van der Waals surface area (Å²) in [5.74, 6) is -1.11. The molecule has 1 unspecified atom stereocenters. The first-order chi connectivity index (χ1) is 16.3. The average Bonchev–Trinajstić information content (AvgIpc) is 3.21. The van der Waals surface area contributed by atoms with E-state index < -0.39 is 36.7 Å². The van der Waals surface area contributed by atoms with Crippen LogP contribution in [0.3, 0.4) is 0 Å². The van der Waals surface area contributed by atoms with Gasteiger partial charge >= 0.3 is 5.97 Å². The molecule has 1 aromatic carbocycles. The number of H-pyrrole nitrogens is 1. The molecule has 186 valence electrons. The van der Waals surface area contributed by atoms with Gasteiger partial charge in [0.2, 0.25) is 6.29 Å². The monoisotopic (exact) mass is 476 g/mol. The molecule has 1 aromatic heterocycles. The molecule has 0 bridgehead atoms. The summed E-state index contributed by atoms with van der Waals surface area (Å²) < 4.78 is 11.0. The molecule has 4 heterocycles. The van der Waals surface area contributed by atoms with E-state index in [0.717, 1.165) is 55.4 Å². The fraction of sp³-hybridized carbons (Fsp3) is 0.625. The lowest BCUT2D eigenvalue weighted by Crippen LogP contribution is -2.61. The summed E-state index contributed by atoms with van der Waals surface area (Å²) in [6.45, 7) is 4.16. The highest BCUT2D eigenvalue weighted by molar-refractivity contribution is 5.86. The van der Waals surface area contributed by atoms with E-state index >= 15 is 0 Å². The summed E-state index contributed by atoms with van der Waals surface area (Å²) in [6, 6.07) is 5.47. The lowest BCUT2D eigenvalue weighted by atomic mass is 9.68. The van der Waals surface area contributed by atoms with Gasteiger partial charge in [0.05, 0.1) is 12.6 Å². The van der Waals surface area contributed by atoms with Gasteiger partial charge in [-0.3, -0.25) is 4.90 Å². The number of nitrogens with zero attached hydrogens (tertiary/aromatic N) is 1. The second kappa shape index (κ2) is 8.78. The van der Waals surface area contributed by atoms with Gasteiger partial charge in [-0.05, 0) is 56.0 Å². The van der Waals surface area contributed by atoms with Crippen molar-refractivity contribution in [1.29, 1.82) is 0 Å². The maximum atomic E-state index is 11.4. The number of rotatable bonds is 5. The molecule has 5 rings (SSSR count). The normalized spacial score (nSPS) is 36.1. The van der Waals surface area contributed by atoms with Gasteiger partial charge < -0.3 is 40.0 Å².